The van der Waals surface area contributed by atoms with Crippen molar-refractivity contribution in [2.24, 2.45) is 0 Å². The molecule has 0 unspecified atom stereocenters. The largest absolute Gasteiger partial charge is 0.507 e. The summed E-state index contributed by atoms with van der Waals surface area (Å²) in [6, 6.07) is 9.65. The molecule has 0 saturated carbocycles. The van der Waals surface area contributed by atoms with Crippen LogP contribution in [-0.2, 0) is 9.59 Å². The summed E-state index contributed by atoms with van der Waals surface area (Å²) in [6.07, 6.45) is 4.00. The normalized spacial score (nSPS) is 18.1. The molecule has 1 amide bonds. The molecular weight excluding hydrogens is 394 g/mol. The first-order valence-corrected chi connectivity index (χ1v) is 10.6. The SMILES string of the molecule is CCN(CC)CCCN1C(=O)C(=O)C(=C(O)c2ccc(OC)cc2)[C@@H]1c1cccnc1. The van der Waals surface area contributed by atoms with Crippen LogP contribution in [0.3, 0.4) is 0 Å². The van der Waals surface area contributed by atoms with Crippen LogP contribution in [0.25, 0.3) is 5.76 Å². The summed E-state index contributed by atoms with van der Waals surface area (Å²) < 4.78 is 5.16. The molecule has 1 N–H and O–H groups in total. The van der Waals surface area contributed by atoms with Crippen molar-refractivity contribution in [1.82, 2.24) is 14.8 Å². The van der Waals surface area contributed by atoms with Crippen LogP contribution in [0.5, 0.6) is 5.75 Å². The molecule has 2 aromatic rings. The lowest BCUT2D eigenvalue weighted by atomic mass is 9.96. The van der Waals surface area contributed by atoms with Crippen LogP contribution in [0.1, 0.15) is 37.4 Å². The van der Waals surface area contributed by atoms with Crippen LogP contribution in [0.15, 0.2) is 54.4 Å². The molecule has 1 aromatic carbocycles. The van der Waals surface area contributed by atoms with E-state index in [1.54, 1.807) is 54.7 Å². The molecule has 0 spiro atoms. The maximum absolute atomic E-state index is 13.0. The van der Waals surface area contributed by atoms with Gasteiger partial charge in [0.15, 0.2) is 0 Å². The summed E-state index contributed by atoms with van der Waals surface area (Å²) in [5.74, 6) is -0.827. The number of hydrogen-bond donors (Lipinski definition) is 1. The predicted molar refractivity (Wildman–Crippen MR) is 119 cm³/mol. The number of aromatic nitrogens is 1. The minimum absolute atomic E-state index is 0.0889. The fraction of sp³-hybridized carbons (Fsp3) is 0.375. The maximum atomic E-state index is 13.0. The third-order valence-corrected chi connectivity index (χ3v) is 5.67. The molecular formula is C24H29N3O4. The molecule has 0 radical (unpaired) electrons. The van der Waals surface area contributed by atoms with Gasteiger partial charge in [-0.3, -0.25) is 14.6 Å². The number of methoxy groups -OCH3 is 1. The Labute approximate surface area is 183 Å². The van der Waals surface area contributed by atoms with E-state index in [2.05, 4.69) is 23.7 Å². The molecule has 1 fully saturated rings. The van der Waals surface area contributed by atoms with E-state index in [1.807, 2.05) is 6.07 Å². The predicted octanol–water partition coefficient (Wildman–Crippen LogP) is 3.24. The fourth-order valence-electron chi connectivity index (χ4n) is 3.90. The monoisotopic (exact) mass is 423 g/mol. The number of carbonyl (C=O) groups is 2. The van der Waals surface area contributed by atoms with Crippen molar-refractivity contribution >= 4 is 17.4 Å². The number of ketones is 1. The molecule has 1 aliphatic heterocycles. The topological polar surface area (TPSA) is 83.0 Å². The van der Waals surface area contributed by atoms with Crippen LogP contribution in [0, 0.1) is 0 Å². The molecule has 1 aromatic heterocycles. The summed E-state index contributed by atoms with van der Waals surface area (Å²) in [7, 11) is 1.56. The van der Waals surface area contributed by atoms with Crippen LogP contribution < -0.4 is 4.74 Å². The highest BCUT2D eigenvalue weighted by atomic mass is 16.5. The van der Waals surface area contributed by atoms with Crippen molar-refractivity contribution in [3.05, 3.63) is 65.5 Å². The highest BCUT2D eigenvalue weighted by Gasteiger charge is 2.45. The van der Waals surface area contributed by atoms with Crippen LogP contribution in [-0.4, -0.2) is 64.9 Å². The lowest BCUT2D eigenvalue weighted by Crippen LogP contribution is -2.33. The molecule has 2 heterocycles. The molecule has 1 atom stereocenters. The molecule has 0 bridgehead atoms. The zero-order valence-corrected chi connectivity index (χ0v) is 18.2. The highest BCUT2D eigenvalue weighted by Crippen LogP contribution is 2.39. The molecule has 7 heteroatoms. The highest BCUT2D eigenvalue weighted by molar-refractivity contribution is 6.46. The number of benzene rings is 1. The van der Waals surface area contributed by atoms with Gasteiger partial charge in [0, 0.05) is 24.5 Å². The van der Waals surface area contributed by atoms with Gasteiger partial charge < -0.3 is 19.6 Å². The number of aliphatic hydroxyl groups is 1. The van der Waals surface area contributed by atoms with Gasteiger partial charge in [0.2, 0.25) is 0 Å². The molecule has 31 heavy (non-hydrogen) atoms. The molecule has 1 saturated heterocycles. The smallest absolute Gasteiger partial charge is 0.295 e. The fourth-order valence-corrected chi connectivity index (χ4v) is 3.90. The minimum atomic E-state index is -0.676. The van der Waals surface area contributed by atoms with Crippen molar-refractivity contribution in [3.63, 3.8) is 0 Å². The Morgan fingerprint density at radius 1 is 1.16 bits per heavy atom. The zero-order chi connectivity index (χ0) is 22.4. The van der Waals surface area contributed by atoms with E-state index >= 15 is 0 Å². The molecule has 164 valence electrons. The number of Topliss-reactive ketones (excluding diaryl/α,β-unsaturated/α-hetero) is 1. The molecule has 0 aliphatic carbocycles. The summed E-state index contributed by atoms with van der Waals surface area (Å²) in [5, 5.41) is 11.0. The number of hydrogen-bond acceptors (Lipinski definition) is 6. The number of rotatable bonds is 9. The van der Waals surface area contributed by atoms with E-state index in [-0.39, 0.29) is 11.3 Å². The molecule has 1 aliphatic rings. The average molecular weight is 424 g/mol. The van der Waals surface area contributed by atoms with Gasteiger partial charge in [0.1, 0.15) is 11.5 Å². The van der Waals surface area contributed by atoms with E-state index < -0.39 is 17.7 Å². The third-order valence-electron chi connectivity index (χ3n) is 5.67. The van der Waals surface area contributed by atoms with Gasteiger partial charge in [-0.15, -0.1) is 0 Å². The van der Waals surface area contributed by atoms with Gasteiger partial charge in [0.05, 0.1) is 18.7 Å². The quantitative estimate of drug-likeness (QED) is 0.379. The number of amides is 1. The van der Waals surface area contributed by atoms with E-state index in [9.17, 15) is 14.7 Å². The second kappa shape index (κ2) is 10.2. The summed E-state index contributed by atoms with van der Waals surface area (Å²) in [4.78, 5) is 33.9. The first kappa shape index (κ1) is 22.5. The van der Waals surface area contributed by atoms with Gasteiger partial charge in [0.25, 0.3) is 11.7 Å². The summed E-state index contributed by atoms with van der Waals surface area (Å²) >= 11 is 0. The number of carbonyl (C=O) groups excluding carboxylic acids is 2. The maximum Gasteiger partial charge on any atom is 0.295 e. The Morgan fingerprint density at radius 3 is 2.45 bits per heavy atom. The van der Waals surface area contributed by atoms with Crippen LogP contribution in [0.2, 0.25) is 0 Å². The zero-order valence-electron chi connectivity index (χ0n) is 18.2. The summed E-state index contributed by atoms with van der Waals surface area (Å²) in [6.45, 7) is 7.30. The van der Waals surface area contributed by atoms with Gasteiger partial charge in [-0.25, -0.2) is 0 Å². The van der Waals surface area contributed by atoms with E-state index in [0.29, 0.717) is 23.4 Å². The summed E-state index contributed by atoms with van der Waals surface area (Å²) in [5.41, 5.74) is 1.24. The number of aliphatic hydroxyl groups excluding tert-OH is 1. The van der Waals surface area contributed by atoms with Crippen molar-refractivity contribution in [1.29, 1.82) is 0 Å². The van der Waals surface area contributed by atoms with Gasteiger partial charge in [-0.2, -0.15) is 0 Å². The Hall–Kier alpha value is -3.19. The number of nitrogens with zero attached hydrogens (tertiary/aromatic N) is 3. The number of pyridine rings is 1. The lowest BCUT2D eigenvalue weighted by Gasteiger charge is -2.26. The van der Waals surface area contributed by atoms with Crippen molar-refractivity contribution in [2.75, 3.05) is 33.3 Å². The van der Waals surface area contributed by atoms with Gasteiger partial charge >= 0.3 is 0 Å². The molecule has 7 nitrogen and oxygen atoms in total. The Morgan fingerprint density at radius 2 is 1.87 bits per heavy atom. The second-order valence-electron chi connectivity index (χ2n) is 7.39. The lowest BCUT2D eigenvalue weighted by molar-refractivity contribution is -0.140. The number of ether oxygens (including phenoxy) is 1. The van der Waals surface area contributed by atoms with Crippen LogP contribution in [0.4, 0.5) is 0 Å². The minimum Gasteiger partial charge on any atom is -0.507 e. The Balaban J connectivity index is 1.98. The van der Waals surface area contributed by atoms with Crippen molar-refractivity contribution in [3.8, 4) is 5.75 Å². The number of likely N-dealkylation sites (tertiary alicyclic amines) is 1. The average Bonchev–Trinajstić information content (AvgIpc) is 3.07. The van der Waals surface area contributed by atoms with Gasteiger partial charge in [-0.1, -0.05) is 19.9 Å². The van der Waals surface area contributed by atoms with E-state index in [0.717, 1.165) is 26.1 Å². The van der Waals surface area contributed by atoms with E-state index in [1.165, 1.54) is 0 Å². The van der Waals surface area contributed by atoms with Crippen LogP contribution >= 0.6 is 0 Å². The third kappa shape index (κ3) is 4.77. The van der Waals surface area contributed by atoms with Gasteiger partial charge in [-0.05, 0) is 62.0 Å². The Bertz CT molecular complexity index is 937. The second-order valence-corrected chi connectivity index (χ2v) is 7.39. The first-order valence-electron chi connectivity index (χ1n) is 10.6. The standard InChI is InChI=1S/C24H29N3O4/c1-4-26(5-2)14-7-15-27-21(18-8-6-13-25-16-18)20(23(29)24(27)30)22(28)17-9-11-19(31-3)12-10-17/h6,8-13,16,21,28H,4-5,7,14-15H2,1-3H3/t21-/m0/s1. The first-order chi connectivity index (χ1) is 15.0. The Kier molecular flexibility index (Phi) is 7.41. The van der Waals surface area contributed by atoms with Crippen molar-refractivity contribution < 1.29 is 19.4 Å². The van der Waals surface area contributed by atoms with Crippen molar-refractivity contribution in [2.45, 2.75) is 26.3 Å². The van der Waals surface area contributed by atoms with E-state index in [4.69, 9.17) is 4.74 Å². The molecule has 3 rings (SSSR count).